The van der Waals surface area contributed by atoms with E-state index in [0.717, 1.165) is 31.1 Å². The molecule has 102 valence electrons. The average molecular weight is 278 g/mol. The summed E-state index contributed by atoms with van der Waals surface area (Å²) >= 11 is 1.80. The molecule has 0 spiro atoms. The van der Waals surface area contributed by atoms with Crippen LogP contribution in [0.4, 0.5) is 19.0 Å². The van der Waals surface area contributed by atoms with Crippen LogP contribution in [0.25, 0.3) is 0 Å². The van der Waals surface area contributed by atoms with Crippen molar-refractivity contribution in [2.45, 2.75) is 25.4 Å². The number of hydrogen-bond donors (Lipinski definition) is 1. The second-order valence-corrected chi connectivity index (χ2v) is 4.87. The molecule has 18 heavy (non-hydrogen) atoms. The summed E-state index contributed by atoms with van der Waals surface area (Å²) < 4.78 is 37.2. The topological polar surface area (TPSA) is 24.9 Å². The fourth-order valence-corrected chi connectivity index (χ4v) is 1.95. The third-order valence-corrected chi connectivity index (χ3v) is 3.07. The zero-order chi connectivity index (χ0) is 13.4. The second-order valence-electron chi connectivity index (χ2n) is 3.89. The van der Waals surface area contributed by atoms with Gasteiger partial charge in [-0.2, -0.15) is 24.9 Å². The van der Waals surface area contributed by atoms with Crippen LogP contribution in [0.15, 0.2) is 18.2 Å². The molecule has 2 nitrogen and oxygen atoms in total. The minimum atomic E-state index is -4.38. The molecule has 0 fully saturated rings. The van der Waals surface area contributed by atoms with Crippen LogP contribution in [0, 0.1) is 0 Å². The smallest absolute Gasteiger partial charge is 0.370 e. The summed E-state index contributed by atoms with van der Waals surface area (Å²) in [4.78, 5) is 3.54. The quantitative estimate of drug-likeness (QED) is 0.762. The van der Waals surface area contributed by atoms with E-state index < -0.39 is 11.9 Å². The van der Waals surface area contributed by atoms with Gasteiger partial charge in [-0.25, -0.2) is 4.98 Å². The summed E-state index contributed by atoms with van der Waals surface area (Å²) in [6.45, 7) is 0.655. The summed E-state index contributed by atoms with van der Waals surface area (Å²) in [5, 5.41) is 2.92. The molecule has 1 aromatic rings. The number of thioether (sulfide) groups is 1. The largest absolute Gasteiger partial charge is 0.433 e. The van der Waals surface area contributed by atoms with Crippen molar-refractivity contribution in [1.82, 2.24) is 4.98 Å². The van der Waals surface area contributed by atoms with E-state index in [9.17, 15) is 13.2 Å². The number of alkyl halides is 3. The number of pyridine rings is 1. The summed E-state index contributed by atoms with van der Waals surface area (Å²) in [5.74, 6) is 1.41. The van der Waals surface area contributed by atoms with Crippen molar-refractivity contribution in [2.24, 2.45) is 0 Å². The minimum Gasteiger partial charge on any atom is -0.370 e. The van der Waals surface area contributed by atoms with Crippen molar-refractivity contribution in [1.29, 1.82) is 0 Å². The van der Waals surface area contributed by atoms with Crippen LogP contribution in [0.1, 0.15) is 25.0 Å². The standard InChI is InChI=1S/C12H17F3N2S/c1-18-9-4-2-3-8-16-11-7-5-6-10(17-11)12(13,14)15/h5-7H,2-4,8-9H2,1H3,(H,16,17). The van der Waals surface area contributed by atoms with Crippen molar-refractivity contribution in [3.63, 3.8) is 0 Å². The molecule has 0 amide bonds. The Morgan fingerprint density at radius 1 is 1.22 bits per heavy atom. The number of nitrogens with one attached hydrogen (secondary N) is 1. The van der Waals surface area contributed by atoms with Crippen molar-refractivity contribution in [3.8, 4) is 0 Å². The third-order valence-electron chi connectivity index (χ3n) is 2.37. The van der Waals surface area contributed by atoms with Crippen molar-refractivity contribution >= 4 is 17.6 Å². The molecule has 1 rings (SSSR count). The monoisotopic (exact) mass is 278 g/mol. The summed E-state index contributed by atoms with van der Waals surface area (Å²) in [7, 11) is 0. The van der Waals surface area contributed by atoms with Gasteiger partial charge in [0, 0.05) is 6.54 Å². The van der Waals surface area contributed by atoms with E-state index in [2.05, 4.69) is 16.6 Å². The van der Waals surface area contributed by atoms with Crippen LogP contribution in [0.2, 0.25) is 0 Å². The molecular weight excluding hydrogens is 261 g/mol. The van der Waals surface area contributed by atoms with Gasteiger partial charge in [0.25, 0.3) is 0 Å². The first-order chi connectivity index (χ1) is 8.54. The van der Waals surface area contributed by atoms with Gasteiger partial charge in [0.05, 0.1) is 0 Å². The van der Waals surface area contributed by atoms with E-state index in [4.69, 9.17) is 0 Å². The van der Waals surface area contributed by atoms with Gasteiger partial charge in [0.1, 0.15) is 11.5 Å². The first-order valence-corrected chi connectivity index (χ1v) is 7.20. The molecule has 0 saturated heterocycles. The highest BCUT2D eigenvalue weighted by molar-refractivity contribution is 7.98. The first-order valence-electron chi connectivity index (χ1n) is 5.81. The summed E-state index contributed by atoms with van der Waals surface area (Å²) in [5.41, 5.74) is -0.852. The zero-order valence-electron chi connectivity index (χ0n) is 10.3. The Hall–Kier alpha value is -0.910. The van der Waals surface area contributed by atoms with E-state index in [0.29, 0.717) is 6.54 Å². The van der Waals surface area contributed by atoms with Crippen LogP contribution in [-0.4, -0.2) is 23.5 Å². The number of halogens is 3. The molecule has 0 bridgehead atoms. The van der Waals surface area contributed by atoms with E-state index in [1.165, 1.54) is 6.07 Å². The number of nitrogens with zero attached hydrogens (tertiary/aromatic N) is 1. The molecule has 1 N–H and O–H groups in total. The van der Waals surface area contributed by atoms with Gasteiger partial charge in [-0.15, -0.1) is 0 Å². The number of rotatable bonds is 7. The van der Waals surface area contributed by atoms with Gasteiger partial charge in [-0.1, -0.05) is 12.5 Å². The molecule has 0 unspecified atom stereocenters. The highest BCUT2D eigenvalue weighted by Crippen LogP contribution is 2.28. The lowest BCUT2D eigenvalue weighted by Crippen LogP contribution is -2.10. The maximum Gasteiger partial charge on any atom is 0.433 e. The Labute approximate surface area is 109 Å². The Bertz CT molecular complexity index is 355. The lowest BCUT2D eigenvalue weighted by atomic mass is 10.2. The van der Waals surface area contributed by atoms with E-state index in [1.54, 1.807) is 17.8 Å². The van der Waals surface area contributed by atoms with Crippen LogP contribution in [-0.2, 0) is 6.18 Å². The molecule has 0 aliphatic carbocycles. The normalized spacial score (nSPS) is 11.6. The van der Waals surface area contributed by atoms with Crippen molar-refractivity contribution < 1.29 is 13.2 Å². The molecule has 0 aromatic carbocycles. The Kier molecular flexibility index (Phi) is 6.32. The number of anilines is 1. The molecule has 0 aliphatic rings. The molecule has 1 aromatic heterocycles. The van der Waals surface area contributed by atoms with E-state index in [1.807, 2.05) is 0 Å². The molecular formula is C12H17F3N2S. The van der Waals surface area contributed by atoms with Gasteiger partial charge in [0.15, 0.2) is 0 Å². The lowest BCUT2D eigenvalue weighted by Gasteiger charge is -2.09. The van der Waals surface area contributed by atoms with Gasteiger partial charge >= 0.3 is 6.18 Å². The maximum absolute atomic E-state index is 12.4. The molecule has 0 saturated carbocycles. The predicted molar refractivity (Wildman–Crippen MR) is 70.0 cm³/mol. The SMILES string of the molecule is CSCCCCCNc1cccc(C(F)(F)F)n1. The zero-order valence-corrected chi connectivity index (χ0v) is 11.1. The highest BCUT2D eigenvalue weighted by Gasteiger charge is 2.32. The fourth-order valence-electron chi connectivity index (χ4n) is 1.46. The number of aromatic nitrogens is 1. The van der Waals surface area contributed by atoms with Gasteiger partial charge < -0.3 is 5.32 Å². The van der Waals surface area contributed by atoms with Gasteiger partial charge in [-0.05, 0) is 37.0 Å². The Morgan fingerprint density at radius 2 is 2.00 bits per heavy atom. The minimum absolute atomic E-state index is 0.287. The average Bonchev–Trinajstić information content (AvgIpc) is 2.33. The number of hydrogen-bond acceptors (Lipinski definition) is 3. The Balaban J connectivity index is 2.34. The number of unbranched alkanes of at least 4 members (excludes halogenated alkanes) is 2. The summed E-state index contributed by atoms with van der Waals surface area (Å²) in [6, 6.07) is 3.90. The lowest BCUT2D eigenvalue weighted by molar-refractivity contribution is -0.141. The molecule has 1 heterocycles. The van der Waals surface area contributed by atoms with Crippen LogP contribution < -0.4 is 5.32 Å². The molecule has 6 heteroatoms. The van der Waals surface area contributed by atoms with Crippen LogP contribution in [0.5, 0.6) is 0 Å². The highest BCUT2D eigenvalue weighted by atomic mass is 32.2. The van der Waals surface area contributed by atoms with Crippen molar-refractivity contribution in [3.05, 3.63) is 23.9 Å². The van der Waals surface area contributed by atoms with E-state index in [-0.39, 0.29) is 5.82 Å². The second kappa shape index (κ2) is 7.51. The van der Waals surface area contributed by atoms with Gasteiger partial charge in [-0.3, -0.25) is 0 Å². The first kappa shape index (κ1) is 15.1. The molecule has 0 aliphatic heterocycles. The van der Waals surface area contributed by atoms with Gasteiger partial charge in [0.2, 0.25) is 0 Å². The fraction of sp³-hybridized carbons (Fsp3) is 0.583. The maximum atomic E-state index is 12.4. The third kappa shape index (κ3) is 5.62. The summed E-state index contributed by atoms with van der Waals surface area (Å²) in [6.07, 6.45) is 0.838. The molecule has 0 atom stereocenters. The van der Waals surface area contributed by atoms with Crippen LogP contribution >= 0.6 is 11.8 Å². The molecule has 0 radical (unpaired) electrons. The van der Waals surface area contributed by atoms with Crippen molar-refractivity contribution in [2.75, 3.05) is 23.9 Å². The predicted octanol–water partition coefficient (Wildman–Crippen LogP) is 4.05. The Morgan fingerprint density at radius 3 is 2.67 bits per heavy atom. The van der Waals surface area contributed by atoms with E-state index >= 15 is 0 Å². The van der Waals surface area contributed by atoms with Crippen LogP contribution in [0.3, 0.4) is 0 Å².